The Balaban J connectivity index is 1.64. The largest absolute Gasteiger partial charge is 0.497 e. The lowest BCUT2D eigenvalue weighted by Gasteiger charge is -2.03. The Morgan fingerprint density at radius 3 is 2.10 bits per heavy atom. The number of nitriles is 1. The highest BCUT2D eigenvalue weighted by Crippen LogP contribution is 2.21. The first-order valence-electron chi connectivity index (χ1n) is 9.09. The smallest absolute Gasteiger partial charge is 0.336 e. The van der Waals surface area contributed by atoms with Crippen LogP contribution in [0.2, 0.25) is 5.02 Å². The van der Waals surface area contributed by atoms with Gasteiger partial charge in [-0.25, -0.2) is 4.79 Å². The lowest BCUT2D eigenvalue weighted by atomic mass is 10.0. The Hall–Kier alpha value is -3.81. The maximum Gasteiger partial charge on any atom is 0.336 e. The van der Waals surface area contributed by atoms with Crippen molar-refractivity contribution in [3.63, 3.8) is 0 Å². The van der Waals surface area contributed by atoms with Crippen molar-refractivity contribution in [3.05, 3.63) is 101 Å². The van der Waals surface area contributed by atoms with Gasteiger partial charge in [0.15, 0.2) is 0 Å². The van der Waals surface area contributed by atoms with Gasteiger partial charge in [-0.05, 0) is 65.2 Å². The van der Waals surface area contributed by atoms with Gasteiger partial charge in [0.2, 0.25) is 0 Å². The number of ether oxygens (including phenoxy) is 2. The van der Waals surface area contributed by atoms with Gasteiger partial charge in [0.05, 0.1) is 18.8 Å². The third-order valence-corrected chi connectivity index (χ3v) is 4.46. The molecule has 3 aromatic carbocycles. The Bertz CT molecular complexity index is 1110. The first kappa shape index (κ1) is 20.9. The number of rotatable bonds is 6. The summed E-state index contributed by atoms with van der Waals surface area (Å²) < 4.78 is 10.4. The van der Waals surface area contributed by atoms with Crippen molar-refractivity contribution in [2.75, 3.05) is 7.11 Å². The molecule has 0 aliphatic rings. The van der Waals surface area contributed by atoms with Crippen LogP contribution in [-0.4, -0.2) is 13.1 Å². The van der Waals surface area contributed by atoms with Gasteiger partial charge in [-0.3, -0.25) is 0 Å². The number of hydrogen-bond donors (Lipinski definition) is 0. The molecule has 3 aromatic rings. The van der Waals surface area contributed by atoms with Gasteiger partial charge in [-0.15, -0.1) is 0 Å². The van der Waals surface area contributed by atoms with Crippen LogP contribution in [0.3, 0.4) is 0 Å². The molecule has 0 saturated heterocycles. The Morgan fingerprint density at radius 1 is 0.900 bits per heavy atom. The van der Waals surface area contributed by atoms with Gasteiger partial charge in [-0.2, -0.15) is 5.26 Å². The summed E-state index contributed by atoms with van der Waals surface area (Å²) in [6.07, 6.45) is 4.80. The second-order valence-corrected chi connectivity index (χ2v) is 6.71. The summed E-state index contributed by atoms with van der Waals surface area (Å²) in [6.45, 7) is 0. The molecule has 0 unspecified atom stereocenters. The SMILES string of the molecule is COc1ccc(/C=C/C(=O)Oc2ccc(/C=C(\C#N)c3ccc(Cl)cc3)cc2)cc1. The molecular weight excluding hydrogens is 398 g/mol. The summed E-state index contributed by atoms with van der Waals surface area (Å²) in [5.41, 5.74) is 2.97. The molecule has 0 saturated carbocycles. The van der Waals surface area contributed by atoms with Crippen molar-refractivity contribution < 1.29 is 14.3 Å². The van der Waals surface area contributed by atoms with Crippen LogP contribution < -0.4 is 9.47 Å². The molecule has 0 fully saturated rings. The number of carbonyl (C=O) groups excluding carboxylic acids is 1. The van der Waals surface area contributed by atoms with Gasteiger partial charge in [-0.1, -0.05) is 48.0 Å². The molecule has 0 aliphatic carbocycles. The fourth-order valence-corrected chi connectivity index (χ4v) is 2.76. The van der Waals surface area contributed by atoms with Gasteiger partial charge in [0, 0.05) is 11.1 Å². The summed E-state index contributed by atoms with van der Waals surface area (Å²) in [5.74, 6) is 0.689. The van der Waals surface area contributed by atoms with Crippen molar-refractivity contribution in [2.45, 2.75) is 0 Å². The molecule has 0 radical (unpaired) electrons. The van der Waals surface area contributed by atoms with Crippen LogP contribution in [0, 0.1) is 11.3 Å². The number of esters is 1. The third-order valence-electron chi connectivity index (χ3n) is 4.21. The van der Waals surface area contributed by atoms with Crippen molar-refractivity contribution in [2.24, 2.45) is 0 Å². The molecule has 3 rings (SSSR count). The Kier molecular flexibility index (Phi) is 7.05. The first-order valence-corrected chi connectivity index (χ1v) is 9.47. The van der Waals surface area contributed by atoms with Gasteiger partial charge in [0.25, 0.3) is 0 Å². The van der Waals surface area contributed by atoms with E-state index in [0.29, 0.717) is 16.3 Å². The summed E-state index contributed by atoms with van der Waals surface area (Å²) >= 11 is 5.89. The number of benzene rings is 3. The molecule has 0 aromatic heterocycles. The molecule has 4 nitrogen and oxygen atoms in total. The van der Waals surface area contributed by atoms with Gasteiger partial charge in [0.1, 0.15) is 11.5 Å². The van der Waals surface area contributed by atoms with Crippen molar-refractivity contribution in [1.29, 1.82) is 5.26 Å². The van der Waals surface area contributed by atoms with Crippen LogP contribution in [0.1, 0.15) is 16.7 Å². The van der Waals surface area contributed by atoms with E-state index in [1.165, 1.54) is 6.08 Å². The zero-order chi connectivity index (χ0) is 21.3. The molecule has 0 atom stereocenters. The van der Waals surface area contributed by atoms with E-state index in [2.05, 4.69) is 6.07 Å². The number of carbonyl (C=O) groups is 1. The quantitative estimate of drug-likeness (QED) is 0.162. The lowest BCUT2D eigenvalue weighted by Crippen LogP contribution is -2.03. The minimum atomic E-state index is -0.479. The lowest BCUT2D eigenvalue weighted by molar-refractivity contribution is -0.128. The standard InChI is InChI=1S/C25H18ClNO3/c1-29-23-11-2-18(3-12-23)6-15-25(28)30-24-13-4-19(5-14-24)16-21(17-27)20-7-9-22(26)10-8-20/h2-16H,1H3/b15-6+,21-16+. The highest BCUT2D eigenvalue weighted by molar-refractivity contribution is 6.30. The summed E-state index contributed by atoms with van der Waals surface area (Å²) in [7, 11) is 1.60. The van der Waals surface area contributed by atoms with E-state index >= 15 is 0 Å². The zero-order valence-electron chi connectivity index (χ0n) is 16.2. The summed E-state index contributed by atoms with van der Waals surface area (Å²) in [6, 6.07) is 23.5. The number of halogens is 1. The monoisotopic (exact) mass is 415 g/mol. The number of nitrogens with zero attached hydrogens (tertiary/aromatic N) is 1. The van der Waals surface area contributed by atoms with Crippen molar-refractivity contribution in [1.82, 2.24) is 0 Å². The van der Waals surface area contributed by atoms with E-state index in [-0.39, 0.29) is 0 Å². The molecule has 0 amide bonds. The minimum absolute atomic E-state index is 0.418. The van der Waals surface area contributed by atoms with E-state index in [0.717, 1.165) is 22.4 Å². The van der Waals surface area contributed by atoms with E-state index in [1.54, 1.807) is 67.8 Å². The van der Waals surface area contributed by atoms with Crippen LogP contribution >= 0.6 is 11.6 Å². The van der Waals surface area contributed by atoms with Crippen LogP contribution in [0.5, 0.6) is 11.5 Å². The normalized spacial score (nSPS) is 11.2. The van der Waals surface area contributed by atoms with Crippen LogP contribution in [0.15, 0.2) is 78.9 Å². The molecule has 148 valence electrons. The topological polar surface area (TPSA) is 59.3 Å². The molecule has 0 N–H and O–H groups in total. The molecule has 5 heteroatoms. The Labute approximate surface area is 180 Å². The fraction of sp³-hybridized carbons (Fsp3) is 0.0400. The van der Waals surface area contributed by atoms with Gasteiger partial charge >= 0.3 is 5.97 Å². The summed E-state index contributed by atoms with van der Waals surface area (Å²) in [5, 5.41) is 10.0. The Morgan fingerprint density at radius 2 is 1.50 bits per heavy atom. The molecule has 0 aliphatic heterocycles. The highest BCUT2D eigenvalue weighted by Gasteiger charge is 2.03. The minimum Gasteiger partial charge on any atom is -0.497 e. The van der Waals surface area contributed by atoms with E-state index in [4.69, 9.17) is 21.1 Å². The van der Waals surface area contributed by atoms with Crippen molar-refractivity contribution >= 4 is 35.3 Å². The van der Waals surface area contributed by atoms with E-state index < -0.39 is 5.97 Å². The maximum atomic E-state index is 12.0. The predicted octanol–water partition coefficient (Wildman–Crippen LogP) is 6.03. The number of methoxy groups -OCH3 is 1. The third kappa shape index (κ3) is 5.84. The fourth-order valence-electron chi connectivity index (χ4n) is 2.64. The van der Waals surface area contributed by atoms with E-state index in [1.807, 2.05) is 24.3 Å². The summed E-state index contributed by atoms with van der Waals surface area (Å²) in [4.78, 5) is 12.0. The van der Waals surface area contributed by atoms with Crippen molar-refractivity contribution in [3.8, 4) is 17.6 Å². The molecule has 30 heavy (non-hydrogen) atoms. The highest BCUT2D eigenvalue weighted by atomic mass is 35.5. The second kappa shape index (κ2) is 10.1. The van der Waals surface area contributed by atoms with E-state index in [9.17, 15) is 10.1 Å². The molecule has 0 spiro atoms. The van der Waals surface area contributed by atoms with Crippen LogP contribution in [-0.2, 0) is 4.79 Å². The van der Waals surface area contributed by atoms with Gasteiger partial charge < -0.3 is 9.47 Å². The average Bonchev–Trinajstić information content (AvgIpc) is 2.78. The number of hydrogen-bond acceptors (Lipinski definition) is 4. The molecular formula is C25H18ClNO3. The predicted molar refractivity (Wildman–Crippen MR) is 119 cm³/mol. The molecule has 0 heterocycles. The molecule has 0 bridgehead atoms. The first-order chi connectivity index (χ1) is 14.6. The van der Waals surface area contributed by atoms with Crippen LogP contribution in [0.4, 0.5) is 0 Å². The maximum absolute atomic E-state index is 12.0. The zero-order valence-corrected chi connectivity index (χ0v) is 17.0. The second-order valence-electron chi connectivity index (χ2n) is 6.27. The number of allylic oxidation sites excluding steroid dienone is 1. The average molecular weight is 416 g/mol. The van der Waals surface area contributed by atoms with Crippen LogP contribution in [0.25, 0.3) is 17.7 Å².